The molecule has 12 heteroatoms. The van der Waals surface area contributed by atoms with Crippen LogP contribution in [-0.2, 0) is 21.1 Å². The molecular weight excluding hydrogens is 516 g/mol. The van der Waals surface area contributed by atoms with E-state index < -0.39 is 6.43 Å². The second-order valence-electron chi connectivity index (χ2n) is 10.2. The minimum atomic E-state index is -2.62. The molecule has 0 radical (unpaired) electrons. The summed E-state index contributed by atoms with van der Waals surface area (Å²) < 4.78 is 39.4. The fourth-order valence-electron chi connectivity index (χ4n) is 5.39. The highest BCUT2D eigenvalue weighted by atomic mass is 19.3. The number of imidazole rings is 1. The molecule has 0 bridgehead atoms. The van der Waals surface area contributed by atoms with Crippen molar-refractivity contribution < 1.29 is 13.5 Å². The summed E-state index contributed by atoms with van der Waals surface area (Å²) in [5, 5.41) is 15.1. The Bertz CT molecular complexity index is 1910. The minimum absolute atomic E-state index is 0.163. The minimum Gasteiger partial charge on any atom is -0.477 e. The van der Waals surface area contributed by atoms with Gasteiger partial charge in [0.05, 0.1) is 23.4 Å². The summed E-state index contributed by atoms with van der Waals surface area (Å²) in [5.74, 6) is 1.98. The quantitative estimate of drug-likeness (QED) is 0.271. The molecule has 0 saturated heterocycles. The van der Waals surface area contributed by atoms with Gasteiger partial charge in [0, 0.05) is 67.6 Å². The average molecular weight is 544 g/mol. The van der Waals surface area contributed by atoms with Crippen molar-refractivity contribution >= 4 is 21.9 Å². The maximum atomic E-state index is 13.4. The van der Waals surface area contributed by atoms with Crippen molar-refractivity contribution in [3.8, 4) is 34.3 Å². The summed E-state index contributed by atoms with van der Waals surface area (Å²) in [6, 6.07) is 9.27. The molecule has 0 unspecified atom stereocenters. The molecule has 1 fully saturated rings. The van der Waals surface area contributed by atoms with Crippen LogP contribution in [0, 0.1) is 0 Å². The van der Waals surface area contributed by atoms with E-state index in [1.165, 1.54) is 17.8 Å². The SMILES string of the molecule is CCOc1nc2nn(C)cc2cc1-c1nc(-c2cccc3nn(-c4cc(C(F)F)n(C)n4)cc23)c(C2CC2)n1C. The van der Waals surface area contributed by atoms with E-state index in [-0.39, 0.29) is 5.69 Å². The number of pyridine rings is 1. The zero-order chi connectivity index (χ0) is 27.7. The molecule has 5 heterocycles. The van der Waals surface area contributed by atoms with E-state index in [4.69, 9.17) is 14.7 Å². The number of benzene rings is 1. The van der Waals surface area contributed by atoms with Crippen LogP contribution in [0.2, 0.25) is 0 Å². The van der Waals surface area contributed by atoms with Crippen molar-refractivity contribution in [1.82, 2.24) is 43.9 Å². The van der Waals surface area contributed by atoms with E-state index in [9.17, 15) is 8.78 Å². The number of aryl methyl sites for hydroxylation is 2. The van der Waals surface area contributed by atoms with E-state index in [0.29, 0.717) is 29.9 Å². The number of halogens is 2. The molecule has 1 aliphatic rings. The molecule has 10 nitrogen and oxygen atoms in total. The summed E-state index contributed by atoms with van der Waals surface area (Å²) in [4.78, 5) is 9.90. The smallest absolute Gasteiger partial charge is 0.280 e. The standard InChI is InChI=1S/C28H27F2N9O/c1-5-40-28-18(11-16-13-36(2)35-26(16)32-28)27-31-23(24(37(27)3)15-9-10-15)17-7-6-8-20-19(17)14-39(33-20)22-12-21(25(29)30)38(4)34-22/h6-8,11-15,25H,5,9-10H2,1-4H3. The second kappa shape index (κ2) is 8.97. The third-order valence-corrected chi connectivity index (χ3v) is 7.37. The van der Waals surface area contributed by atoms with Crippen molar-refractivity contribution in [2.75, 3.05) is 6.61 Å². The Balaban J connectivity index is 1.41. The number of hydrogen-bond donors (Lipinski definition) is 0. The normalized spacial score (nSPS) is 13.8. The molecular formula is C28H27F2N9O. The third-order valence-electron chi connectivity index (χ3n) is 7.37. The maximum Gasteiger partial charge on any atom is 0.280 e. The first-order valence-electron chi connectivity index (χ1n) is 13.2. The lowest BCUT2D eigenvalue weighted by Gasteiger charge is -2.10. The first-order valence-corrected chi connectivity index (χ1v) is 13.2. The molecule has 0 atom stereocenters. The zero-order valence-electron chi connectivity index (χ0n) is 22.5. The Morgan fingerprint density at radius 1 is 1.00 bits per heavy atom. The zero-order valence-corrected chi connectivity index (χ0v) is 22.5. The Hall–Kier alpha value is -4.61. The number of rotatable bonds is 7. The maximum absolute atomic E-state index is 13.4. The fourth-order valence-corrected chi connectivity index (χ4v) is 5.39. The van der Waals surface area contributed by atoms with Gasteiger partial charge in [-0.25, -0.2) is 18.4 Å². The molecule has 0 spiro atoms. The van der Waals surface area contributed by atoms with Crippen LogP contribution >= 0.6 is 0 Å². The van der Waals surface area contributed by atoms with Crippen LogP contribution in [-0.4, -0.2) is 50.5 Å². The van der Waals surface area contributed by atoms with Crippen molar-refractivity contribution in [2.45, 2.75) is 32.1 Å². The summed E-state index contributed by atoms with van der Waals surface area (Å²) in [5.41, 5.74) is 4.91. The van der Waals surface area contributed by atoms with Gasteiger partial charge in [0.1, 0.15) is 11.5 Å². The van der Waals surface area contributed by atoms with E-state index in [0.717, 1.165) is 57.5 Å². The van der Waals surface area contributed by atoms with Gasteiger partial charge < -0.3 is 9.30 Å². The summed E-state index contributed by atoms with van der Waals surface area (Å²) in [6.07, 6.45) is 3.32. The van der Waals surface area contributed by atoms with Crippen LogP contribution in [0.15, 0.2) is 42.7 Å². The molecule has 7 rings (SSSR count). The summed E-state index contributed by atoms with van der Waals surface area (Å²) in [6.45, 7) is 2.39. The molecule has 1 saturated carbocycles. The van der Waals surface area contributed by atoms with E-state index >= 15 is 0 Å². The van der Waals surface area contributed by atoms with Crippen molar-refractivity contribution in [2.24, 2.45) is 21.1 Å². The van der Waals surface area contributed by atoms with Gasteiger partial charge in [-0.15, -0.1) is 0 Å². The van der Waals surface area contributed by atoms with Gasteiger partial charge in [-0.05, 0) is 31.9 Å². The van der Waals surface area contributed by atoms with Crippen molar-refractivity contribution in [3.05, 3.63) is 54.1 Å². The monoisotopic (exact) mass is 543 g/mol. The third kappa shape index (κ3) is 3.85. The molecule has 0 aliphatic heterocycles. The molecule has 6 aromatic rings. The van der Waals surface area contributed by atoms with E-state index in [2.05, 4.69) is 19.9 Å². The summed E-state index contributed by atoms with van der Waals surface area (Å²) >= 11 is 0. The van der Waals surface area contributed by atoms with Crippen molar-refractivity contribution in [1.29, 1.82) is 0 Å². The number of ether oxygens (including phenoxy) is 1. The number of nitrogens with zero attached hydrogens (tertiary/aromatic N) is 9. The van der Waals surface area contributed by atoms with Gasteiger partial charge >= 0.3 is 0 Å². The molecule has 1 aromatic carbocycles. The first kappa shape index (κ1) is 24.4. The molecule has 40 heavy (non-hydrogen) atoms. The van der Waals surface area contributed by atoms with Crippen LogP contribution < -0.4 is 4.74 Å². The Kier molecular flexibility index (Phi) is 5.48. The van der Waals surface area contributed by atoms with E-state index in [1.807, 2.05) is 57.7 Å². The van der Waals surface area contributed by atoms with E-state index in [1.54, 1.807) is 9.36 Å². The fraction of sp³-hybridized carbons (Fsp3) is 0.321. The molecule has 1 aliphatic carbocycles. The molecule has 0 N–H and O–H groups in total. The Labute approximate surface area is 227 Å². The number of alkyl halides is 2. The summed E-state index contributed by atoms with van der Waals surface area (Å²) in [7, 11) is 5.41. The number of aromatic nitrogens is 9. The van der Waals surface area contributed by atoms with Gasteiger partial charge in [0.15, 0.2) is 11.5 Å². The van der Waals surface area contributed by atoms with Gasteiger partial charge in [0.25, 0.3) is 6.43 Å². The average Bonchev–Trinajstić information content (AvgIpc) is 3.22. The van der Waals surface area contributed by atoms with Gasteiger partial charge in [-0.2, -0.15) is 20.3 Å². The van der Waals surface area contributed by atoms with Crippen LogP contribution in [0.1, 0.15) is 43.5 Å². The Morgan fingerprint density at radius 3 is 2.55 bits per heavy atom. The topological polar surface area (TPSA) is 93.4 Å². The highest BCUT2D eigenvalue weighted by molar-refractivity contribution is 5.95. The first-order chi connectivity index (χ1) is 19.3. The van der Waals surface area contributed by atoms with Gasteiger partial charge in [-0.1, -0.05) is 12.1 Å². The molecule has 0 amide bonds. The lowest BCUT2D eigenvalue weighted by atomic mass is 10.0. The Morgan fingerprint density at radius 2 is 1.82 bits per heavy atom. The van der Waals surface area contributed by atoms with Crippen molar-refractivity contribution in [3.63, 3.8) is 0 Å². The van der Waals surface area contributed by atoms with Gasteiger partial charge in [-0.3, -0.25) is 9.36 Å². The molecule has 5 aromatic heterocycles. The lowest BCUT2D eigenvalue weighted by Crippen LogP contribution is -2.02. The number of fused-ring (bicyclic) bond motifs is 2. The highest BCUT2D eigenvalue weighted by Gasteiger charge is 2.33. The lowest BCUT2D eigenvalue weighted by molar-refractivity contribution is 0.141. The predicted molar refractivity (Wildman–Crippen MR) is 146 cm³/mol. The highest BCUT2D eigenvalue weighted by Crippen LogP contribution is 2.47. The predicted octanol–water partition coefficient (Wildman–Crippen LogP) is 5.32. The van der Waals surface area contributed by atoms with Crippen LogP contribution in [0.5, 0.6) is 5.88 Å². The van der Waals surface area contributed by atoms with Gasteiger partial charge in [0.2, 0.25) is 5.88 Å². The second-order valence-corrected chi connectivity index (χ2v) is 10.2. The van der Waals surface area contributed by atoms with Crippen LogP contribution in [0.3, 0.4) is 0 Å². The van der Waals surface area contributed by atoms with Crippen LogP contribution in [0.4, 0.5) is 8.78 Å². The van der Waals surface area contributed by atoms with Crippen LogP contribution in [0.25, 0.3) is 50.4 Å². The number of hydrogen-bond acceptors (Lipinski definition) is 6. The molecule has 204 valence electrons. The largest absolute Gasteiger partial charge is 0.477 e.